The SMILES string of the molecule is C/C=C(N=CN(C)C)\C(F)=C/N(C(C)=O)C(N)=O. The van der Waals surface area contributed by atoms with Gasteiger partial charge in [-0.3, -0.25) is 4.79 Å². The molecule has 3 amide bonds. The molecular formula is C11H17FN4O2. The molecule has 0 heterocycles. The standard InChI is InChI=1S/C11H17FN4O2/c1-5-10(14-7-15(3)4)9(12)6-16(8(2)17)11(13)18/h5-7H,1-4H3,(H2,13,18)/b9-6+,10-5+,14-7?. The molecule has 6 nitrogen and oxygen atoms in total. The van der Waals surface area contributed by atoms with Crippen LogP contribution in [0.1, 0.15) is 13.8 Å². The highest BCUT2D eigenvalue weighted by Crippen LogP contribution is 2.14. The molecule has 0 spiro atoms. The van der Waals surface area contributed by atoms with Crippen LogP contribution in [0.25, 0.3) is 0 Å². The van der Waals surface area contributed by atoms with Gasteiger partial charge in [-0.1, -0.05) is 6.08 Å². The molecule has 0 aromatic heterocycles. The average molecular weight is 256 g/mol. The van der Waals surface area contributed by atoms with E-state index in [1.54, 1.807) is 25.9 Å². The Balaban J connectivity index is 5.15. The van der Waals surface area contributed by atoms with Crippen LogP contribution < -0.4 is 5.73 Å². The molecule has 0 bridgehead atoms. The Kier molecular flexibility index (Phi) is 6.33. The van der Waals surface area contributed by atoms with E-state index in [-0.39, 0.29) is 5.70 Å². The first-order valence-electron chi connectivity index (χ1n) is 5.13. The van der Waals surface area contributed by atoms with Gasteiger partial charge in [0.2, 0.25) is 5.91 Å². The molecule has 0 rings (SSSR count). The fraction of sp³-hybridized carbons (Fsp3) is 0.364. The number of imide groups is 1. The second-order valence-corrected chi connectivity index (χ2v) is 3.59. The van der Waals surface area contributed by atoms with Crippen molar-refractivity contribution in [3.8, 4) is 0 Å². The number of carbonyl (C=O) groups is 2. The van der Waals surface area contributed by atoms with Crippen molar-refractivity contribution in [2.24, 2.45) is 10.7 Å². The molecule has 0 fully saturated rings. The molecule has 0 aliphatic rings. The lowest BCUT2D eigenvalue weighted by Gasteiger charge is -2.11. The fourth-order valence-corrected chi connectivity index (χ4v) is 0.941. The van der Waals surface area contributed by atoms with Crippen LogP contribution in [0.4, 0.5) is 9.18 Å². The van der Waals surface area contributed by atoms with Gasteiger partial charge in [0, 0.05) is 21.0 Å². The van der Waals surface area contributed by atoms with Crippen LogP contribution in [0.3, 0.4) is 0 Å². The predicted octanol–water partition coefficient (Wildman–Crippen LogP) is 1.22. The number of primary amides is 1. The van der Waals surface area contributed by atoms with Gasteiger partial charge in [-0.25, -0.2) is 19.1 Å². The Labute approximate surface area is 105 Å². The first-order chi connectivity index (χ1) is 8.29. The summed E-state index contributed by atoms with van der Waals surface area (Å²) in [6.45, 7) is 2.69. The minimum absolute atomic E-state index is 0.00352. The van der Waals surface area contributed by atoms with Gasteiger partial charge in [-0.05, 0) is 6.92 Å². The van der Waals surface area contributed by atoms with E-state index in [0.29, 0.717) is 11.1 Å². The summed E-state index contributed by atoms with van der Waals surface area (Å²) in [6.07, 6.45) is 3.52. The average Bonchev–Trinajstić information content (AvgIpc) is 2.25. The number of amides is 3. The maximum atomic E-state index is 13.7. The zero-order valence-corrected chi connectivity index (χ0v) is 10.8. The van der Waals surface area contributed by atoms with E-state index in [1.807, 2.05) is 0 Å². The number of aliphatic imine (C=N–C) groups is 1. The number of nitrogens with zero attached hydrogens (tertiary/aromatic N) is 3. The highest BCUT2D eigenvalue weighted by molar-refractivity contribution is 5.93. The normalized spacial score (nSPS) is 12.7. The Morgan fingerprint density at radius 3 is 2.22 bits per heavy atom. The number of halogens is 1. The van der Waals surface area contributed by atoms with Gasteiger partial charge in [-0.2, -0.15) is 0 Å². The molecule has 0 aromatic rings. The Morgan fingerprint density at radius 2 is 1.89 bits per heavy atom. The van der Waals surface area contributed by atoms with Crippen molar-refractivity contribution in [2.45, 2.75) is 13.8 Å². The second kappa shape index (κ2) is 7.21. The molecule has 0 aromatic carbocycles. The molecule has 0 saturated heterocycles. The lowest BCUT2D eigenvalue weighted by molar-refractivity contribution is -0.123. The van der Waals surface area contributed by atoms with Gasteiger partial charge in [-0.15, -0.1) is 0 Å². The third-order valence-corrected chi connectivity index (χ3v) is 1.77. The summed E-state index contributed by atoms with van der Waals surface area (Å²) in [7, 11) is 3.45. The number of hydrogen-bond acceptors (Lipinski definition) is 3. The number of carbonyl (C=O) groups excluding carboxylic acids is 2. The molecular weight excluding hydrogens is 239 g/mol. The molecule has 0 aliphatic heterocycles. The summed E-state index contributed by atoms with van der Waals surface area (Å²) in [5.74, 6) is -1.51. The Bertz CT molecular complexity index is 399. The molecule has 18 heavy (non-hydrogen) atoms. The molecule has 0 radical (unpaired) electrons. The number of rotatable bonds is 4. The molecule has 2 N–H and O–H groups in total. The lowest BCUT2D eigenvalue weighted by Crippen LogP contribution is -2.35. The molecule has 0 aliphatic carbocycles. The number of hydrogen-bond donors (Lipinski definition) is 1. The van der Waals surface area contributed by atoms with Gasteiger partial charge in [0.15, 0.2) is 5.83 Å². The van der Waals surface area contributed by atoms with Gasteiger partial charge in [0.1, 0.15) is 0 Å². The quantitative estimate of drug-likeness (QED) is 0.466. The monoisotopic (exact) mass is 256 g/mol. The van der Waals surface area contributed by atoms with E-state index in [2.05, 4.69) is 4.99 Å². The zero-order valence-electron chi connectivity index (χ0n) is 10.8. The van der Waals surface area contributed by atoms with Crippen molar-refractivity contribution in [3.05, 3.63) is 23.8 Å². The minimum Gasteiger partial charge on any atom is -0.369 e. The van der Waals surface area contributed by atoms with E-state index < -0.39 is 17.8 Å². The van der Waals surface area contributed by atoms with Crippen molar-refractivity contribution in [3.63, 3.8) is 0 Å². The van der Waals surface area contributed by atoms with Crippen LogP contribution in [-0.2, 0) is 4.79 Å². The van der Waals surface area contributed by atoms with Gasteiger partial charge in [0.25, 0.3) is 0 Å². The fourth-order valence-electron chi connectivity index (χ4n) is 0.941. The Morgan fingerprint density at radius 1 is 1.33 bits per heavy atom. The first-order valence-corrected chi connectivity index (χ1v) is 5.13. The summed E-state index contributed by atoms with van der Waals surface area (Å²) in [5.41, 5.74) is 4.93. The topological polar surface area (TPSA) is 79.0 Å². The summed E-state index contributed by atoms with van der Waals surface area (Å²) < 4.78 is 13.7. The number of urea groups is 1. The second-order valence-electron chi connectivity index (χ2n) is 3.59. The highest BCUT2D eigenvalue weighted by atomic mass is 19.1. The van der Waals surface area contributed by atoms with Crippen LogP contribution in [0.5, 0.6) is 0 Å². The van der Waals surface area contributed by atoms with Crippen molar-refractivity contribution in [2.75, 3.05) is 14.1 Å². The number of allylic oxidation sites excluding steroid dienone is 2. The first kappa shape index (κ1) is 15.8. The van der Waals surface area contributed by atoms with Crippen LogP contribution in [0.15, 0.2) is 28.8 Å². The summed E-state index contributed by atoms with van der Waals surface area (Å²) in [5, 5.41) is 0. The van der Waals surface area contributed by atoms with Crippen LogP contribution >= 0.6 is 0 Å². The van der Waals surface area contributed by atoms with Crippen molar-refractivity contribution in [1.29, 1.82) is 0 Å². The largest absolute Gasteiger partial charge is 0.369 e. The summed E-state index contributed by atoms with van der Waals surface area (Å²) >= 11 is 0. The van der Waals surface area contributed by atoms with E-state index in [9.17, 15) is 14.0 Å². The predicted molar refractivity (Wildman–Crippen MR) is 67.2 cm³/mol. The minimum atomic E-state index is -1.05. The summed E-state index contributed by atoms with van der Waals surface area (Å²) in [4.78, 5) is 27.9. The summed E-state index contributed by atoms with van der Waals surface area (Å²) in [6, 6.07) is -1.05. The van der Waals surface area contributed by atoms with E-state index >= 15 is 0 Å². The van der Waals surface area contributed by atoms with Crippen molar-refractivity contribution < 1.29 is 14.0 Å². The highest BCUT2D eigenvalue weighted by Gasteiger charge is 2.14. The molecule has 0 atom stereocenters. The number of nitrogens with two attached hydrogens (primary N) is 1. The van der Waals surface area contributed by atoms with Gasteiger partial charge >= 0.3 is 6.03 Å². The molecule has 7 heteroatoms. The zero-order chi connectivity index (χ0) is 14.3. The van der Waals surface area contributed by atoms with Crippen molar-refractivity contribution in [1.82, 2.24) is 9.80 Å². The smallest absolute Gasteiger partial charge is 0.325 e. The van der Waals surface area contributed by atoms with E-state index in [1.165, 1.54) is 12.4 Å². The van der Waals surface area contributed by atoms with E-state index in [4.69, 9.17) is 5.73 Å². The molecule has 0 unspecified atom stereocenters. The molecule has 0 saturated carbocycles. The van der Waals surface area contributed by atoms with Gasteiger partial charge in [0.05, 0.1) is 18.2 Å². The molecule has 100 valence electrons. The Hall–Kier alpha value is -2.18. The lowest BCUT2D eigenvalue weighted by atomic mass is 10.3. The maximum Gasteiger partial charge on any atom is 0.325 e. The maximum absolute atomic E-state index is 13.7. The third-order valence-electron chi connectivity index (χ3n) is 1.77. The van der Waals surface area contributed by atoms with Crippen LogP contribution in [0.2, 0.25) is 0 Å². The third kappa shape index (κ3) is 5.24. The van der Waals surface area contributed by atoms with Crippen LogP contribution in [0, 0.1) is 0 Å². The van der Waals surface area contributed by atoms with Gasteiger partial charge < -0.3 is 10.6 Å². The van der Waals surface area contributed by atoms with Crippen LogP contribution in [-0.4, -0.2) is 42.2 Å². The van der Waals surface area contributed by atoms with Crippen molar-refractivity contribution >= 4 is 18.3 Å². The van der Waals surface area contributed by atoms with E-state index in [0.717, 1.165) is 6.92 Å².